The zero-order valence-corrected chi connectivity index (χ0v) is 10.1. The third-order valence-electron chi connectivity index (χ3n) is 1.92. The fourth-order valence-electron chi connectivity index (χ4n) is 1.27. The molecule has 84 valence electrons. The van der Waals surface area contributed by atoms with Crippen LogP contribution in [0.4, 0.5) is 8.78 Å². The van der Waals surface area contributed by atoms with Crippen molar-refractivity contribution < 1.29 is 13.2 Å². The van der Waals surface area contributed by atoms with E-state index in [0.29, 0.717) is 4.47 Å². The number of hydrogen-bond acceptors (Lipinski definition) is 2. The SMILES string of the molecule is Fc1cc(Br)cc(F)c1-c1cnc(CCl)o1. The van der Waals surface area contributed by atoms with Gasteiger partial charge in [0, 0.05) is 4.47 Å². The molecule has 0 unspecified atom stereocenters. The Morgan fingerprint density at radius 1 is 1.31 bits per heavy atom. The zero-order chi connectivity index (χ0) is 11.7. The minimum atomic E-state index is -0.718. The second-order valence-corrected chi connectivity index (χ2v) is 4.18. The van der Waals surface area contributed by atoms with Crippen LogP contribution in [0.5, 0.6) is 0 Å². The molecule has 6 heteroatoms. The maximum atomic E-state index is 13.5. The number of benzene rings is 1. The third-order valence-corrected chi connectivity index (χ3v) is 2.61. The van der Waals surface area contributed by atoms with Crippen molar-refractivity contribution in [2.75, 3.05) is 0 Å². The van der Waals surface area contributed by atoms with E-state index in [4.69, 9.17) is 16.0 Å². The van der Waals surface area contributed by atoms with Crippen molar-refractivity contribution in [2.24, 2.45) is 0 Å². The first-order valence-corrected chi connectivity index (χ1v) is 5.60. The molecule has 2 nitrogen and oxygen atoms in total. The van der Waals surface area contributed by atoms with Crippen molar-refractivity contribution in [3.63, 3.8) is 0 Å². The summed E-state index contributed by atoms with van der Waals surface area (Å²) in [5.74, 6) is -1.13. The summed E-state index contributed by atoms with van der Waals surface area (Å²) in [4.78, 5) is 3.77. The molecule has 0 amide bonds. The Balaban J connectivity index is 2.55. The number of rotatable bonds is 2. The summed E-state index contributed by atoms with van der Waals surface area (Å²) in [7, 11) is 0. The second-order valence-electron chi connectivity index (χ2n) is 3.00. The Labute approximate surface area is 103 Å². The fourth-order valence-corrected chi connectivity index (χ4v) is 1.79. The van der Waals surface area contributed by atoms with Crippen LogP contribution in [0.1, 0.15) is 5.89 Å². The minimum absolute atomic E-state index is 0.0261. The lowest BCUT2D eigenvalue weighted by Crippen LogP contribution is -1.88. The number of hydrogen-bond donors (Lipinski definition) is 0. The summed E-state index contributed by atoms with van der Waals surface area (Å²) in [6, 6.07) is 2.31. The number of oxazole rings is 1. The molecule has 16 heavy (non-hydrogen) atoms. The third kappa shape index (κ3) is 2.10. The van der Waals surface area contributed by atoms with Gasteiger partial charge in [0.25, 0.3) is 0 Å². The molecule has 0 aliphatic carbocycles. The summed E-state index contributed by atoms with van der Waals surface area (Å²) in [5, 5.41) is 0. The highest BCUT2D eigenvalue weighted by Crippen LogP contribution is 2.29. The van der Waals surface area contributed by atoms with Crippen LogP contribution in [0.2, 0.25) is 0 Å². The summed E-state index contributed by atoms with van der Waals surface area (Å²) >= 11 is 8.47. The van der Waals surface area contributed by atoms with Crippen LogP contribution in [-0.2, 0) is 5.88 Å². The van der Waals surface area contributed by atoms with Gasteiger partial charge in [-0.1, -0.05) is 15.9 Å². The van der Waals surface area contributed by atoms with Crippen molar-refractivity contribution in [1.29, 1.82) is 0 Å². The Bertz CT molecular complexity index is 506. The standard InChI is InChI=1S/C10H5BrClF2NO/c11-5-1-6(13)10(7(14)2-5)8-4-15-9(3-12)16-8/h1-2,4H,3H2. The van der Waals surface area contributed by atoms with Crippen LogP contribution in [-0.4, -0.2) is 4.98 Å². The molecule has 0 saturated heterocycles. The Morgan fingerprint density at radius 3 is 2.44 bits per heavy atom. The molecule has 2 aromatic rings. The van der Waals surface area contributed by atoms with Gasteiger partial charge in [-0.3, -0.25) is 0 Å². The van der Waals surface area contributed by atoms with Gasteiger partial charge in [0.1, 0.15) is 11.6 Å². The summed E-state index contributed by atoms with van der Waals surface area (Å²) < 4.78 is 32.4. The van der Waals surface area contributed by atoms with E-state index in [1.165, 1.54) is 6.20 Å². The number of alkyl halides is 1. The van der Waals surface area contributed by atoms with Crippen molar-refractivity contribution >= 4 is 27.5 Å². The molecule has 0 atom stereocenters. The first-order chi connectivity index (χ1) is 7.61. The summed E-state index contributed by atoms with van der Waals surface area (Å²) in [6.07, 6.45) is 1.24. The predicted molar refractivity (Wildman–Crippen MR) is 59.1 cm³/mol. The minimum Gasteiger partial charge on any atom is -0.439 e. The maximum absolute atomic E-state index is 13.5. The molecular weight excluding hydrogens is 303 g/mol. The van der Waals surface area contributed by atoms with Crippen molar-refractivity contribution in [3.05, 3.63) is 40.3 Å². The van der Waals surface area contributed by atoms with E-state index in [0.717, 1.165) is 12.1 Å². The summed E-state index contributed by atoms with van der Waals surface area (Å²) in [6.45, 7) is 0. The molecular formula is C10H5BrClF2NO. The monoisotopic (exact) mass is 307 g/mol. The van der Waals surface area contributed by atoms with E-state index >= 15 is 0 Å². The average molecular weight is 309 g/mol. The molecule has 0 spiro atoms. The molecule has 1 heterocycles. The highest BCUT2D eigenvalue weighted by molar-refractivity contribution is 9.10. The van der Waals surface area contributed by atoms with Gasteiger partial charge < -0.3 is 4.42 Å². The fraction of sp³-hybridized carbons (Fsp3) is 0.100. The Kier molecular flexibility index (Phi) is 3.25. The van der Waals surface area contributed by atoms with Gasteiger partial charge in [0.15, 0.2) is 5.76 Å². The molecule has 0 aliphatic rings. The molecule has 0 fully saturated rings. The van der Waals surface area contributed by atoms with E-state index < -0.39 is 11.6 Å². The van der Waals surface area contributed by atoms with Crippen molar-refractivity contribution in [2.45, 2.75) is 5.88 Å². The van der Waals surface area contributed by atoms with E-state index in [9.17, 15) is 8.78 Å². The van der Waals surface area contributed by atoms with Gasteiger partial charge in [-0.25, -0.2) is 13.8 Å². The predicted octanol–water partition coefficient (Wildman–Crippen LogP) is 4.12. The normalized spacial score (nSPS) is 10.8. The maximum Gasteiger partial charge on any atom is 0.209 e. The van der Waals surface area contributed by atoms with Gasteiger partial charge in [0.2, 0.25) is 5.89 Å². The van der Waals surface area contributed by atoms with E-state index in [1.807, 2.05) is 0 Å². The lowest BCUT2D eigenvalue weighted by atomic mass is 10.1. The van der Waals surface area contributed by atoms with Crippen LogP contribution >= 0.6 is 27.5 Å². The van der Waals surface area contributed by atoms with Crippen molar-refractivity contribution in [3.8, 4) is 11.3 Å². The lowest BCUT2D eigenvalue weighted by molar-refractivity contribution is 0.514. The topological polar surface area (TPSA) is 26.0 Å². The lowest BCUT2D eigenvalue weighted by Gasteiger charge is -2.01. The smallest absolute Gasteiger partial charge is 0.209 e. The van der Waals surface area contributed by atoms with E-state index in [2.05, 4.69) is 20.9 Å². The van der Waals surface area contributed by atoms with E-state index in [1.54, 1.807) is 0 Å². The molecule has 1 aromatic heterocycles. The van der Waals surface area contributed by atoms with Crippen LogP contribution in [0.15, 0.2) is 27.2 Å². The van der Waals surface area contributed by atoms with Crippen LogP contribution in [0.25, 0.3) is 11.3 Å². The van der Waals surface area contributed by atoms with E-state index in [-0.39, 0.29) is 23.1 Å². The number of halogens is 4. The second kappa shape index (κ2) is 4.51. The van der Waals surface area contributed by atoms with Gasteiger partial charge in [-0.05, 0) is 12.1 Å². The molecule has 0 N–H and O–H groups in total. The molecule has 0 radical (unpaired) electrons. The highest BCUT2D eigenvalue weighted by Gasteiger charge is 2.16. The average Bonchev–Trinajstić information content (AvgIpc) is 2.64. The highest BCUT2D eigenvalue weighted by atomic mass is 79.9. The van der Waals surface area contributed by atoms with Crippen LogP contribution in [0.3, 0.4) is 0 Å². The largest absolute Gasteiger partial charge is 0.439 e. The first-order valence-electron chi connectivity index (χ1n) is 4.27. The Morgan fingerprint density at radius 2 is 1.94 bits per heavy atom. The molecule has 0 bridgehead atoms. The van der Waals surface area contributed by atoms with Crippen LogP contribution in [0, 0.1) is 11.6 Å². The molecule has 0 aliphatic heterocycles. The Hall–Kier alpha value is -0.940. The van der Waals surface area contributed by atoms with Gasteiger partial charge in [-0.15, -0.1) is 11.6 Å². The number of aromatic nitrogens is 1. The first kappa shape index (κ1) is 11.5. The van der Waals surface area contributed by atoms with Gasteiger partial charge in [-0.2, -0.15) is 0 Å². The van der Waals surface area contributed by atoms with Gasteiger partial charge >= 0.3 is 0 Å². The molecule has 1 aromatic carbocycles. The zero-order valence-electron chi connectivity index (χ0n) is 7.81. The van der Waals surface area contributed by atoms with Crippen molar-refractivity contribution in [1.82, 2.24) is 4.98 Å². The molecule has 0 saturated carbocycles. The number of nitrogens with zero attached hydrogens (tertiary/aromatic N) is 1. The quantitative estimate of drug-likeness (QED) is 0.780. The molecule has 2 rings (SSSR count). The van der Waals surface area contributed by atoms with Gasteiger partial charge in [0.05, 0.1) is 17.6 Å². The van der Waals surface area contributed by atoms with Crippen LogP contribution < -0.4 is 0 Å². The summed E-state index contributed by atoms with van der Waals surface area (Å²) in [5.41, 5.74) is -0.243.